The summed E-state index contributed by atoms with van der Waals surface area (Å²) in [6.07, 6.45) is 2.45. The number of para-hydroxylation sites is 1. The van der Waals surface area contributed by atoms with Crippen LogP contribution in [-0.2, 0) is 17.8 Å². The molecule has 0 bridgehead atoms. The third kappa shape index (κ3) is 2.48. The van der Waals surface area contributed by atoms with Crippen LogP contribution in [0.3, 0.4) is 0 Å². The van der Waals surface area contributed by atoms with E-state index in [1.165, 1.54) is 0 Å². The Balaban J connectivity index is 1.53. The van der Waals surface area contributed by atoms with Crippen LogP contribution in [0.4, 0.5) is 16.2 Å². The van der Waals surface area contributed by atoms with Crippen LogP contribution in [0.2, 0.25) is 0 Å². The standard InChI is InChI=1S/C19H19N3O2/c1-20-15-5-7-16(8-6-15)21-10-9-13-11-22-18-14(12-24-19(22)23)3-2-4-17(13)18/h2-8,11,20-21H,9-10,12H2,1H3. The molecule has 2 heterocycles. The first kappa shape index (κ1) is 14.6. The van der Waals surface area contributed by atoms with Crippen molar-refractivity contribution in [2.45, 2.75) is 13.0 Å². The minimum absolute atomic E-state index is 0.291. The molecule has 122 valence electrons. The Hall–Kier alpha value is -2.95. The Kier molecular flexibility index (Phi) is 3.61. The summed E-state index contributed by atoms with van der Waals surface area (Å²) in [7, 11) is 1.91. The first-order valence-corrected chi connectivity index (χ1v) is 8.07. The molecule has 0 unspecified atom stereocenters. The molecule has 4 rings (SSSR count). The lowest BCUT2D eigenvalue weighted by atomic mass is 10.1. The maximum atomic E-state index is 12.0. The normalized spacial score (nSPS) is 13.0. The topological polar surface area (TPSA) is 55.3 Å². The van der Waals surface area contributed by atoms with Crippen LogP contribution in [0.25, 0.3) is 10.9 Å². The van der Waals surface area contributed by atoms with Gasteiger partial charge in [-0.05, 0) is 36.2 Å². The fourth-order valence-corrected chi connectivity index (χ4v) is 3.19. The number of carbonyl (C=O) groups excluding carboxylic acids is 1. The molecule has 1 aliphatic rings. The molecule has 0 atom stereocenters. The van der Waals surface area contributed by atoms with Crippen molar-refractivity contribution in [2.24, 2.45) is 0 Å². The van der Waals surface area contributed by atoms with Crippen LogP contribution in [0.1, 0.15) is 11.1 Å². The van der Waals surface area contributed by atoms with Gasteiger partial charge in [-0.2, -0.15) is 0 Å². The van der Waals surface area contributed by atoms with E-state index in [1.807, 2.05) is 37.5 Å². The predicted molar refractivity (Wildman–Crippen MR) is 95.7 cm³/mol. The summed E-state index contributed by atoms with van der Waals surface area (Å²) in [6, 6.07) is 14.3. The maximum absolute atomic E-state index is 12.0. The molecule has 1 aliphatic heterocycles. The molecule has 2 N–H and O–H groups in total. The summed E-state index contributed by atoms with van der Waals surface area (Å²) in [5.41, 5.74) is 5.39. The molecule has 0 radical (unpaired) electrons. The highest BCUT2D eigenvalue weighted by Crippen LogP contribution is 2.29. The van der Waals surface area contributed by atoms with Crippen molar-refractivity contribution in [1.29, 1.82) is 0 Å². The van der Waals surface area contributed by atoms with Gasteiger partial charge in [-0.15, -0.1) is 0 Å². The van der Waals surface area contributed by atoms with Gasteiger partial charge in [0.1, 0.15) is 6.61 Å². The number of rotatable bonds is 5. The molecule has 1 aromatic heterocycles. The third-order valence-electron chi connectivity index (χ3n) is 4.44. The third-order valence-corrected chi connectivity index (χ3v) is 4.44. The molecular weight excluding hydrogens is 302 g/mol. The molecule has 2 aromatic carbocycles. The number of cyclic esters (lactones) is 1. The van der Waals surface area contributed by atoms with Gasteiger partial charge in [0.2, 0.25) is 0 Å². The molecule has 0 fully saturated rings. The molecule has 0 saturated heterocycles. The number of carbonyl (C=O) groups is 1. The molecule has 24 heavy (non-hydrogen) atoms. The highest BCUT2D eigenvalue weighted by Gasteiger charge is 2.21. The van der Waals surface area contributed by atoms with Crippen molar-refractivity contribution in [3.63, 3.8) is 0 Å². The summed E-state index contributed by atoms with van der Waals surface area (Å²) in [5, 5.41) is 7.67. The zero-order valence-corrected chi connectivity index (χ0v) is 13.5. The Morgan fingerprint density at radius 2 is 1.92 bits per heavy atom. The minimum Gasteiger partial charge on any atom is -0.444 e. The number of aromatic nitrogens is 1. The summed E-state index contributed by atoms with van der Waals surface area (Å²) in [4.78, 5) is 12.0. The van der Waals surface area contributed by atoms with Gasteiger partial charge in [0.05, 0.1) is 5.52 Å². The lowest BCUT2D eigenvalue weighted by molar-refractivity contribution is 0.138. The number of hydrogen-bond acceptors (Lipinski definition) is 4. The van der Waals surface area contributed by atoms with Gasteiger partial charge >= 0.3 is 6.09 Å². The Labute approximate surface area is 140 Å². The SMILES string of the molecule is CNc1ccc(NCCc2cn3c4c(cccc24)COC3=O)cc1. The van der Waals surface area contributed by atoms with Crippen LogP contribution in [0.15, 0.2) is 48.7 Å². The van der Waals surface area contributed by atoms with E-state index in [9.17, 15) is 4.79 Å². The Morgan fingerprint density at radius 1 is 1.12 bits per heavy atom. The van der Waals surface area contributed by atoms with E-state index in [0.717, 1.165) is 46.4 Å². The van der Waals surface area contributed by atoms with Crippen LogP contribution in [0, 0.1) is 0 Å². The van der Waals surface area contributed by atoms with Gasteiger partial charge < -0.3 is 15.4 Å². The lowest BCUT2D eigenvalue weighted by Crippen LogP contribution is -2.18. The first-order valence-electron chi connectivity index (χ1n) is 8.07. The number of ether oxygens (including phenoxy) is 1. The van der Waals surface area contributed by atoms with E-state index in [0.29, 0.717) is 6.61 Å². The molecule has 0 aliphatic carbocycles. The van der Waals surface area contributed by atoms with Crippen LogP contribution in [0.5, 0.6) is 0 Å². The second-order valence-electron chi connectivity index (χ2n) is 5.90. The second kappa shape index (κ2) is 5.92. The fraction of sp³-hybridized carbons (Fsp3) is 0.211. The quantitative estimate of drug-likeness (QED) is 0.750. The van der Waals surface area contributed by atoms with E-state index >= 15 is 0 Å². The van der Waals surface area contributed by atoms with Gasteiger partial charge in [0.25, 0.3) is 0 Å². The zero-order valence-electron chi connectivity index (χ0n) is 13.5. The van der Waals surface area contributed by atoms with Crippen molar-refractivity contribution in [1.82, 2.24) is 4.57 Å². The van der Waals surface area contributed by atoms with Crippen LogP contribution < -0.4 is 10.6 Å². The summed E-state index contributed by atoms with van der Waals surface area (Å²) in [5.74, 6) is 0. The fourth-order valence-electron chi connectivity index (χ4n) is 3.19. The smallest absolute Gasteiger partial charge is 0.418 e. The highest BCUT2D eigenvalue weighted by atomic mass is 16.6. The monoisotopic (exact) mass is 321 g/mol. The van der Waals surface area contributed by atoms with E-state index in [2.05, 4.69) is 28.8 Å². The Morgan fingerprint density at radius 3 is 2.71 bits per heavy atom. The number of benzene rings is 2. The van der Waals surface area contributed by atoms with Crippen LogP contribution in [-0.4, -0.2) is 24.3 Å². The van der Waals surface area contributed by atoms with Crippen molar-refractivity contribution >= 4 is 28.4 Å². The van der Waals surface area contributed by atoms with E-state index in [1.54, 1.807) is 4.57 Å². The largest absolute Gasteiger partial charge is 0.444 e. The average Bonchev–Trinajstić information content (AvgIpc) is 3.00. The molecule has 3 aromatic rings. The van der Waals surface area contributed by atoms with Crippen molar-refractivity contribution in [2.75, 3.05) is 24.2 Å². The highest BCUT2D eigenvalue weighted by molar-refractivity contribution is 5.95. The first-order chi connectivity index (χ1) is 11.8. The van der Waals surface area contributed by atoms with E-state index < -0.39 is 0 Å². The number of hydrogen-bond donors (Lipinski definition) is 2. The molecule has 5 heteroatoms. The molecule has 5 nitrogen and oxygen atoms in total. The average molecular weight is 321 g/mol. The summed E-state index contributed by atoms with van der Waals surface area (Å²) < 4.78 is 6.84. The van der Waals surface area contributed by atoms with Gasteiger partial charge in [0.15, 0.2) is 0 Å². The molecular formula is C19H19N3O2. The van der Waals surface area contributed by atoms with E-state index in [4.69, 9.17) is 4.74 Å². The zero-order chi connectivity index (χ0) is 16.5. The van der Waals surface area contributed by atoms with Crippen molar-refractivity contribution < 1.29 is 9.53 Å². The van der Waals surface area contributed by atoms with Gasteiger partial charge in [-0.3, -0.25) is 4.57 Å². The lowest BCUT2D eigenvalue weighted by Gasteiger charge is -2.14. The van der Waals surface area contributed by atoms with Gasteiger partial charge in [0, 0.05) is 42.1 Å². The summed E-state index contributed by atoms with van der Waals surface area (Å²) in [6.45, 7) is 1.16. The van der Waals surface area contributed by atoms with Crippen LogP contribution >= 0.6 is 0 Å². The molecule has 0 spiro atoms. The van der Waals surface area contributed by atoms with E-state index in [-0.39, 0.29) is 6.09 Å². The predicted octanol–water partition coefficient (Wildman–Crippen LogP) is 3.84. The van der Waals surface area contributed by atoms with Gasteiger partial charge in [-0.25, -0.2) is 4.79 Å². The van der Waals surface area contributed by atoms with Gasteiger partial charge in [-0.1, -0.05) is 18.2 Å². The van der Waals surface area contributed by atoms with Crippen molar-refractivity contribution in [3.05, 3.63) is 59.8 Å². The summed E-state index contributed by atoms with van der Waals surface area (Å²) >= 11 is 0. The number of nitrogens with one attached hydrogen (secondary N) is 2. The number of anilines is 2. The molecule has 0 amide bonds. The molecule has 0 saturated carbocycles. The second-order valence-corrected chi connectivity index (χ2v) is 5.90. The maximum Gasteiger partial charge on any atom is 0.418 e. The Bertz CT molecular complexity index is 897. The number of nitrogens with zero attached hydrogens (tertiary/aromatic N) is 1. The van der Waals surface area contributed by atoms with Crippen molar-refractivity contribution in [3.8, 4) is 0 Å². The minimum atomic E-state index is -0.291.